The molecule has 6 heterocycles. The van der Waals surface area contributed by atoms with E-state index in [4.69, 9.17) is 49.3 Å². The lowest BCUT2D eigenvalue weighted by Gasteiger charge is -2.39. The largest absolute Gasteiger partial charge is 0.465 e. The minimum atomic E-state index is -0.855. The van der Waals surface area contributed by atoms with E-state index < -0.39 is 10.8 Å². The third-order valence-electron chi connectivity index (χ3n) is 24.2. The van der Waals surface area contributed by atoms with Crippen molar-refractivity contribution in [3.05, 3.63) is 452 Å². The second-order valence-corrected chi connectivity index (χ2v) is 30.8. The summed E-state index contributed by atoms with van der Waals surface area (Å²) in [7, 11) is 0. The molecular formula is C110H68N8O2. The van der Waals surface area contributed by atoms with Gasteiger partial charge in [0.25, 0.3) is 0 Å². The zero-order chi connectivity index (χ0) is 79.2. The third-order valence-corrected chi connectivity index (χ3v) is 24.2. The molecule has 560 valence electrons. The molecule has 4 aliphatic rings. The predicted molar refractivity (Wildman–Crippen MR) is 481 cm³/mol. The highest BCUT2D eigenvalue weighted by molar-refractivity contribution is 6.04. The molecule has 120 heavy (non-hydrogen) atoms. The molecule has 0 bridgehead atoms. The maximum absolute atomic E-state index is 6.80. The molecule has 0 radical (unpaired) electrons. The number of benzene rings is 15. The lowest BCUT2D eigenvalue weighted by molar-refractivity contribution is 0.436. The van der Waals surface area contributed by atoms with E-state index in [0.29, 0.717) is 34.9 Å². The Hall–Kier alpha value is -16.0. The van der Waals surface area contributed by atoms with Crippen LogP contribution in [0.4, 0.5) is 0 Å². The van der Waals surface area contributed by atoms with E-state index >= 15 is 0 Å². The topological polar surface area (TPSA) is 122 Å². The van der Waals surface area contributed by atoms with Gasteiger partial charge in [-0.1, -0.05) is 328 Å². The van der Waals surface area contributed by atoms with E-state index in [1.165, 1.54) is 22.3 Å². The Morgan fingerprint density at radius 3 is 1.21 bits per heavy atom. The Morgan fingerprint density at radius 1 is 0.217 bits per heavy atom. The molecule has 0 saturated heterocycles. The van der Waals surface area contributed by atoms with Gasteiger partial charge in [0.15, 0.2) is 34.9 Å². The molecule has 2 spiro atoms. The van der Waals surface area contributed by atoms with Crippen LogP contribution in [-0.4, -0.2) is 39.9 Å². The molecule has 0 saturated carbocycles. The van der Waals surface area contributed by atoms with Gasteiger partial charge in [0, 0.05) is 84.4 Å². The molecule has 23 rings (SSSR count). The highest BCUT2D eigenvalue weighted by Gasteiger charge is 2.52. The molecule has 2 aliphatic heterocycles. The van der Waals surface area contributed by atoms with Crippen molar-refractivity contribution in [1.82, 2.24) is 39.9 Å². The van der Waals surface area contributed by atoms with Crippen LogP contribution in [-0.2, 0) is 10.8 Å². The van der Waals surface area contributed by atoms with Crippen molar-refractivity contribution in [3.8, 4) is 163 Å². The van der Waals surface area contributed by atoms with Gasteiger partial charge in [-0.3, -0.25) is 9.97 Å². The van der Waals surface area contributed by atoms with Crippen molar-refractivity contribution >= 4 is 21.8 Å². The van der Waals surface area contributed by atoms with Gasteiger partial charge in [0.05, 0.1) is 28.1 Å². The van der Waals surface area contributed by atoms with Crippen molar-refractivity contribution in [1.29, 1.82) is 0 Å². The highest BCUT2D eigenvalue weighted by atomic mass is 16.5. The van der Waals surface area contributed by atoms with E-state index in [1.54, 1.807) is 6.26 Å². The first-order valence-electron chi connectivity index (χ1n) is 40.4. The molecule has 4 aromatic heterocycles. The molecule has 2 aliphatic carbocycles. The first-order chi connectivity index (χ1) is 59.4. The number of allylic oxidation sites excluding steroid dienone is 5. The molecular weight excluding hydrogens is 1470 g/mol. The zero-order valence-corrected chi connectivity index (χ0v) is 64.7. The van der Waals surface area contributed by atoms with E-state index in [1.807, 2.05) is 91.3 Å². The van der Waals surface area contributed by atoms with Crippen LogP contribution in [0.3, 0.4) is 0 Å². The van der Waals surface area contributed by atoms with Crippen molar-refractivity contribution in [2.24, 2.45) is 0 Å². The smallest absolute Gasteiger partial charge is 0.164 e. The summed E-state index contributed by atoms with van der Waals surface area (Å²) in [6.45, 7) is 0. The van der Waals surface area contributed by atoms with E-state index in [0.717, 1.165) is 167 Å². The molecule has 10 nitrogen and oxygen atoms in total. The summed E-state index contributed by atoms with van der Waals surface area (Å²) in [5.74, 6) is 5.76. The lowest BCUT2D eigenvalue weighted by Crippen LogP contribution is -2.32. The van der Waals surface area contributed by atoms with Gasteiger partial charge in [0.2, 0.25) is 0 Å². The molecule has 1 unspecified atom stereocenters. The Kier molecular flexibility index (Phi) is 16.5. The molecule has 15 aromatic carbocycles. The quantitative estimate of drug-likeness (QED) is 0.124. The van der Waals surface area contributed by atoms with Crippen LogP contribution in [0, 0.1) is 0 Å². The maximum atomic E-state index is 6.80. The standard InChI is InChI=1S/C110H68N8O2/c1-2-19-63-119-98-39-15-12-36-91(98)109(60-18-1)94-66-79(85-59-58-83(71-24-6-3-7-25-71)90-35-23-62-112-102(85)90)51-55-86(94)87-57-53-82(68-95(87)109)108-117-104(74-28-10-5-11-29-74)116-107(118-108)81-32-20-31-77(64-81)69-42-46-75(47-43-69)105-113-103(73-26-8-4-9-27-73)114-106(115-105)76-48-44-70(45-49-76)78-50-54-88-89-56-52-80(84-34-21-30-72-33-22-61-111-101(72)84)67-97(89)110(96(88)65-78)92-37-13-16-40-99(92)120-100-41-17-14-38-93(100)110/h1-68H/b2-1?,60-18+,63-19?. The van der Waals surface area contributed by atoms with Crippen molar-refractivity contribution in [2.45, 2.75) is 10.8 Å². The Bertz CT molecular complexity index is 7420. The number of fused-ring (bicyclic) bond motifs is 18. The average molecular weight is 1530 g/mol. The first-order valence-corrected chi connectivity index (χ1v) is 40.4. The van der Waals surface area contributed by atoms with Gasteiger partial charge in [-0.15, -0.1) is 0 Å². The monoisotopic (exact) mass is 1530 g/mol. The second-order valence-electron chi connectivity index (χ2n) is 30.8. The van der Waals surface area contributed by atoms with Gasteiger partial charge in [-0.05, 0) is 156 Å². The fraction of sp³-hybridized carbons (Fsp3) is 0.0182. The number of para-hydroxylation sites is 4. The molecule has 10 heteroatoms. The van der Waals surface area contributed by atoms with Crippen molar-refractivity contribution < 1.29 is 9.47 Å². The lowest BCUT2D eigenvalue weighted by atomic mass is 9.65. The Morgan fingerprint density at radius 2 is 0.600 bits per heavy atom. The number of aromatic nitrogens is 8. The molecule has 19 aromatic rings. The number of hydrogen-bond acceptors (Lipinski definition) is 10. The summed E-state index contributed by atoms with van der Waals surface area (Å²) in [5, 5.41) is 2.19. The minimum absolute atomic E-state index is 0.539. The summed E-state index contributed by atoms with van der Waals surface area (Å²) in [5.41, 5.74) is 28.6. The van der Waals surface area contributed by atoms with Gasteiger partial charge in [-0.25, -0.2) is 29.9 Å². The van der Waals surface area contributed by atoms with E-state index in [2.05, 4.69) is 315 Å². The average Bonchev–Trinajstić information content (AvgIpc) is 1.49. The Balaban J connectivity index is 0.586. The summed E-state index contributed by atoms with van der Waals surface area (Å²) < 4.78 is 13.4. The number of ether oxygens (including phenoxy) is 2. The fourth-order valence-corrected chi connectivity index (χ4v) is 18.6. The van der Waals surface area contributed by atoms with Gasteiger partial charge >= 0.3 is 0 Å². The van der Waals surface area contributed by atoms with Gasteiger partial charge in [0.1, 0.15) is 17.2 Å². The zero-order valence-electron chi connectivity index (χ0n) is 64.7. The van der Waals surface area contributed by atoms with Crippen LogP contribution in [0.15, 0.2) is 413 Å². The Labute approximate surface area is 693 Å². The number of nitrogens with zero attached hydrogens (tertiary/aromatic N) is 8. The second kappa shape index (κ2) is 28.5. The first kappa shape index (κ1) is 69.5. The summed E-state index contributed by atoms with van der Waals surface area (Å²) in [6, 6.07) is 128. The SMILES string of the molecule is C1=C/C=C/C2(c3ccccc3OC=C1)c1cc(-c3nc(-c4ccccc4)nc(-c4cccc(-c5ccc(-c6nc(-c7ccccc7)nc(-c7ccc(-c8ccc9c(c8)C8(c%10ccccc%10Oc%10ccccc%108)c8cc(-c%10cccc%11cccnc%10%11)ccc8-9)cc7)n6)cc5)c4)n3)ccc1-c1ccc(-c3ccc(-c4ccccc4)c4cccnc34)cc12. The minimum Gasteiger partial charge on any atom is -0.465 e. The van der Waals surface area contributed by atoms with Crippen LogP contribution in [0.2, 0.25) is 0 Å². The highest BCUT2D eigenvalue weighted by Crippen LogP contribution is 2.64. The van der Waals surface area contributed by atoms with Crippen LogP contribution in [0.1, 0.15) is 38.9 Å². The van der Waals surface area contributed by atoms with Gasteiger partial charge in [-0.2, -0.15) is 0 Å². The van der Waals surface area contributed by atoms with Crippen molar-refractivity contribution in [3.63, 3.8) is 0 Å². The summed E-state index contributed by atoms with van der Waals surface area (Å²) in [4.78, 5) is 41.7. The van der Waals surface area contributed by atoms with E-state index in [-0.39, 0.29) is 0 Å². The summed E-state index contributed by atoms with van der Waals surface area (Å²) in [6.07, 6.45) is 16.0. The maximum Gasteiger partial charge on any atom is 0.164 e. The summed E-state index contributed by atoms with van der Waals surface area (Å²) >= 11 is 0. The van der Waals surface area contributed by atoms with Crippen LogP contribution in [0.25, 0.3) is 168 Å². The fourth-order valence-electron chi connectivity index (χ4n) is 18.6. The predicted octanol–water partition coefficient (Wildman–Crippen LogP) is 26.3. The van der Waals surface area contributed by atoms with Crippen molar-refractivity contribution in [2.75, 3.05) is 0 Å². The van der Waals surface area contributed by atoms with Crippen LogP contribution in [0.5, 0.6) is 17.2 Å². The van der Waals surface area contributed by atoms with E-state index in [9.17, 15) is 0 Å². The van der Waals surface area contributed by atoms with Crippen LogP contribution < -0.4 is 9.47 Å². The molecule has 0 fully saturated rings. The number of hydrogen-bond donors (Lipinski definition) is 0. The van der Waals surface area contributed by atoms with Crippen LogP contribution >= 0.6 is 0 Å². The number of rotatable bonds is 11. The number of pyridine rings is 2. The molecule has 0 N–H and O–H groups in total. The molecule has 0 amide bonds. The third kappa shape index (κ3) is 11.5. The normalized spacial score (nSPS) is 14.4. The molecule has 1 atom stereocenters. The van der Waals surface area contributed by atoms with Gasteiger partial charge < -0.3 is 9.47 Å².